The van der Waals surface area contributed by atoms with Gasteiger partial charge < -0.3 is 10.1 Å². The minimum Gasteiger partial charge on any atom is -0.365 e. The van der Waals surface area contributed by atoms with Crippen LogP contribution in [0.5, 0.6) is 0 Å². The lowest BCUT2D eigenvalue weighted by Gasteiger charge is -2.11. The zero-order valence-corrected chi connectivity index (χ0v) is 11.7. The van der Waals surface area contributed by atoms with Crippen molar-refractivity contribution in [2.24, 2.45) is 0 Å². The van der Waals surface area contributed by atoms with Crippen LogP contribution >= 0.6 is 0 Å². The number of hydrogen-bond donors (Lipinski definition) is 3. The van der Waals surface area contributed by atoms with Crippen LogP contribution in [0.25, 0.3) is 0 Å². The molecule has 0 aromatic heterocycles. The predicted octanol–water partition coefficient (Wildman–Crippen LogP) is 0.825. The molecule has 0 saturated carbocycles. The van der Waals surface area contributed by atoms with Crippen molar-refractivity contribution in [2.45, 2.75) is 6.61 Å². The highest BCUT2D eigenvalue weighted by molar-refractivity contribution is 5.13. The Kier molecular flexibility index (Phi) is 9.20. The average Bonchev–Trinajstić information content (AvgIpc) is 2.49. The average molecular weight is 283 g/mol. The van der Waals surface area contributed by atoms with Crippen LogP contribution in [-0.4, -0.2) is 27.6 Å². The van der Waals surface area contributed by atoms with Crippen molar-refractivity contribution in [3.63, 3.8) is 0 Å². The van der Waals surface area contributed by atoms with Gasteiger partial charge in [0, 0.05) is 7.11 Å². The fraction of sp³-hybridized carbons (Fsp3) is 0.385. The zero-order valence-electron chi connectivity index (χ0n) is 11.7. The lowest BCUT2D eigenvalue weighted by atomic mass is 10.2. The van der Waals surface area contributed by atoms with Crippen LogP contribution in [0.1, 0.15) is 5.56 Å². The molecule has 1 aromatic carbocycles. The Balaban J connectivity index is 2.12. The first-order chi connectivity index (χ1) is 9.86. The lowest BCUT2D eigenvalue weighted by molar-refractivity contribution is -0.170. The van der Waals surface area contributed by atoms with E-state index in [1.165, 1.54) is 7.11 Å². The van der Waals surface area contributed by atoms with E-state index in [0.717, 1.165) is 5.56 Å². The Bertz CT molecular complexity index is 373. The molecule has 1 rings (SSSR count). The highest BCUT2D eigenvalue weighted by atomic mass is 16.9. The molecule has 0 saturated heterocycles. The molecular weight excluding hydrogens is 262 g/mol. The number of hydroxylamine groups is 1. The largest absolute Gasteiger partial charge is 0.365 e. The topological polar surface area (TPSA) is 73.0 Å². The minimum absolute atomic E-state index is 0.289. The van der Waals surface area contributed by atoms with Gasteiger partial charge in [-0.1, -0.05) is 36.0 Å². The Hall–Kier alpha value is -1.64. The van der Waals surface area contributed by atoms with E-state index in [1.54, 1.807) is 13.2 Å². The van der Waals surface area contributed by atoms with Gasteiger partial charge in [-0.25, -0.2) is 0 Å². The summed E-state index contributed by atoms with van der Waals surface area (Å²) in [5, 5.41) is 2.94. The number of hydrogen-bond acceptors (Lipinski definition) is 7. The molecule has 0 fully saturated rings. The first-order valence-electron chi connectivity index (χ1n) is 6.11. The summed E-state index contributed by atoms with van der Waals surface area (Å²) in [5.41, 5.74) is 6.13. The van der Waals surface area contributed by atoms with Gasteiger partial charge in [0.25, 0.3) is 0 Å². The van der Waals surface area contributed by atoms with E-state index in [-0.39, 0.29) is 6.61 Å². The Morgan fingerprint density at radius 2 is 1.95 bits per heavy atom. The van der Waals surface area contributed by atoms with Crippen molar-refractivity contribution >= 4 is 0 Å². The van der Waals surface area contributed by atoms with E-state index in [2.05, 4.69) is 16.4 Å². The van der Waals surface area contributed by atoms with Crippen molar-refractivity contribution < 1.29 is 19.2 Å². The van der Waals surface area contributed by atoms with Crippen molar-refractivity contribution in [3.8, 4) is 0 Å². The predicted molar refractivity (Wildman–Crippen MR) is 73.6 cm³/mol. The summed E-state index contributed by atoms with van der Waals surface area (Å²) in [5.74, 6) is 0.638. The van der Waals surface area contributed by atoms with Gasteiger partial charge in [-0.05, 0) is 11.6 Å². The molecule has 0 bridgehead atoms. The van der Waals surface area contributed by atoms with Crippen LogP contribution < -0.4 is 16.4 Å². The van der Waals surface area contributed by atoms with Crippen LogP contribution in [0.15, 0.2) is 42.2 Å². The van der Waals surface area contributed by atoms with Gasteiger partial charge >= 0.3 is 0 Å². The van der Waals surface area contributed by atoms with Gasteiger partial charge in [-0.15, -0.1) is 0 Å². The van der Waals surface area contributed by atoms with Crippen LogP contribution in [0.2, 0.25) is 0 Å². The van der Waals surface area contributed by atoms with Gasteiger partial charge in [-0.3, -0.25) is 20.0 Å². The fourth-order valence-corrected chi connectivity index (χ4v) is 1.30. The third-order valence-electron chi connectivity index (χ3n) is 2.19. The van der Waals surface area contributed by atoms with Gasteiger partial charge in [0.2, 0.25) is 0 Å². The molecule has 1 aromatic rings. The Morgan fingerprint density at radius 1 is 1.15 bits per heavy atom. The molecule has 0 heterocycles. The molecule has 0 amide bonds. The van der Waals surface area contributed by atoms with Gasteiger partial charge in [-0.2, -0.15) is 0 Å². The molecule has 0 atom stereocenters. The second-order valence-electron chi connectivity index (χ2n) is 3.70. The normalized spacial score (nSPS) is 11.4. The number of ether oxygens (including phenoxy) is 1. The maximum Gasteiger partial charge on any atom is 0.123 e. The van der Waals surface area contributed by atoms with E-state index >= 15 is 0 Å². The first-order valence-corrected chi connectivity index (χ1v) is 6.11. The number of nitrogens with one attached hydrogen (secondary N) is 3. The van der Waals surface area contributed by atoms with E-state index in [9.17, 15) is 0 Å². The molecule has 7 heteroatoms. The Labute approximate surface area is 118 Å². The van der Waals surface area contributed by atoms with Gasteiger partial charge in [0.05, 0.1) is 20.3 Å². The summed E-state index contributed by atoms with van der Waals surface area (Å²) >= 11 is 0. The third kappa shape index (κ3) is 7.72. The van der Waals surface area contributed by atoms with E-state index in [1.807, 2.05) is 30.3 Å². The van der Waals surface area contributed by atoms with Crippen molar-refractivity contribution in [2.75, 3.05) is 27.6 Å². The van der Waals surface area contributed by atoms with Crippen molar-refractivity contribution in [1.82, 2.24) is 16.4 Å². The maximum absolute atomic E-state index is 5.14. The first kappa shape index (κ1) is 16.4. The van der Waals surface area contributed by atoms with Crippen LogP contribution in [0.4, 0.5) is 0 Å². The Morgan fingerprint density at radius 3 is 2.65 bits per heavy atom. The van der Waals surface area contributed by atoms with Crippen LogP contribution in [-0.2, 0) is 25.9 Å². The monoisotopic (exact) mass is 283 g/mol. The van der Waals surface area contributed by atoms with Gasteiger partial charge in [0.15, 0.2) is 0 Å². The van der Waals surface area contributed by atoms with Crippen LogP contribution in [0.3, 0.4) is 0 Å². The molecular formula is C13H21N3O4. The summed E-state index contributed by atoms with van der Waals surface area (Å²) in [7, 11) is 3.11. The van der Waals surface area contributed by atoms with Crippen LogP contribution in [0, 0.1) is 0 Å². The second kappa shape index (κ2) is 11.2. The van der Waals surface area contributed by atoms with Crippen molar-refractivity contribution in [1.29, 1.82) is 0 Å². The smallest absolute Gasteiger partial charge is 0.123 e. The summed E-state index contributed by atoms with van der Waals surface area (Å²) in [6.07, 6.45) is 1.74. The molecule has 112 valence electrons. The van der Waals surface area contributed by atoms with E-state index < -0.39 is 0 Å². The summed E-state index contributed by atoms with van der Waals surface area (Å²) in [6, 6.07) is 9.79. The molecule has 20 heavy (non-hydrogen) atoms. The second-order valence-corrected chi connectivity index (χ2v) is 3.70. The maximum atomic E-state index is 5.14. The lowest BCUT2D eigenvalue weighted by Crippen LogP contribution is -2.28. The van der Waals surface area contributed by atoms with Crippen molar-refractivity contribution in [3.05, 3.63) is 47.8 Å². The standard InChI is InChI=1S/C13H21N3O4/c1-17-11-14-13(15-18-2)8-9-19-16-20-10-12-6-4-3-5-7-12/h3-8,14-16H,9-11H2,1-2H3. The number of methoxy groups -OCH3 is 1. The summed E-state index contributed by atoms with van der Waals surface area (Å²) < 4.78 is 4.88. The fourth-order valence-electron chi connectivity index (χ4n) is 1.30. The molecule has 0 unspecified atom stereocenters. The number of benzene rings is 1. The molecule has 0 spiro atoms. The number of rotatable bonds is 11. The highest BCUT2D eigenvalue weighted by Gasteiger charge is 1.94. The van der Waals surface area contributed by atoms with E-state index in [4.69, 9.17) is 19.2 Å². The SMILES string of the molecule is COCNC(=CCONOCc1ccccc1)NOC. The summed E-state index contributed by atoms with van der Waals surface area (Å²) in [4.78, 5) is 15.0. The minimum atomic E-state index is 0.289. The molecule has 0 aliphatic carbocycles. The third-order valence-corrected chi connectivity index (χ3v) is 2.19. The summed E-state index contributed by atoms with van der Waals surface area (Å²) in [6.45, 7) is 1.08. The van der Waals surface area contributed by atoms with Gasteiger partial charge in [0.1, 0.15) is 12.6 Å². The molecule has 0 aliphatic rings. The zero-order chi connectivity index (χ0) is 14.5. The molecule has 0 radical (unpaired) electrons. The molecule has 0 aliphatic heterocycles. The highest BCUT2D eigenvalue weighted by Crippen LogP contribution is 1.98. The molecule has 7 nitrogen and oxygen atoms in total. The van der Waals surface area contributed by atoms with E-state index in [0.29, 0.717) is 19.2 Å². The molecule has 3 N–H and O–H groups in total. The quantitative estimate of drug-likeness (QED) is 0.315.